The van der Waals surface area contributed by atoms with E-state index < -0.39 is 35.9 Å². The number of rotatable bonds is 0. The SMILES string of the molecule is O[C@@H]1C=C[C@H](O)[C@@H]2[C@@H]1[C@H](O)C=CC21Oc2cccc3cccc(c23)O1. The summed E-state index contributed by atoms with van der Waals surface area (Å²) in [5.41, 5.74) is 0. The van der Waals surface area contributed by atoms with Crippen molar-refractivity contribution in [3.63, 3.8) is 0 Å². The van der Waals surface area contributed by atoms with Gasteiger partial charge in [0.15, 0.2) is 0 Å². The van der Waals surface area contributed by atoms with Crippen molar-refractivity contribution in [1.29, 1.82) is 0 Å². The molecule has 128 valence electrons. The Morgan fingerprint density at radius 3 is 2.04 bits per heavy atom. The first-order chi connectivity index (χ1) is 12.1. The highest BCUT2D eigenvalue weighted by Crippen LogP contribution is 2.50. The minimum absolute atomic E-state index is 0.616. The highest BCUT2D eigenvalue weighted by molar-refractivity contribution is 5.94. The number of hydrogen-bond donors (Lipinski definition) is 3. The predicted molar refractivity (Wildman–Crippen MR) is 91.2 cm³/mol. The van der Waals surface area contributed by atoms with Crippen molar-refractivity contribution in [1.82, 2.24) is 0 Å². The summed E-state index contributed by atoms with van der Waals surface area (Å²) in [5.74, 6) is -1.21. The van der Waals surface area contributed by atoms with Gasteiger partial charge in [-0.05, 0) is 23.6 Å². The van der Waals surface area contributed by atoms with E-state index >= 15 is 0 Å². The summed E-state index contributed by atoms with van der Waals surface area (Å²) in [6, 6.07) is 11.5. The molecule has 3 N–H and O–H groups in total. The Hall–Kier alpha value is -2.34. The maximum absolute atomic E-state index is 10.6. The molecule has 3 aliphatic rings. The summed E-state index contributed by atoms with van der Waals surface area (Å²) in [6.45, 7) is 0. The van der Waals surface area contributed by atoms with Crippen LogP contribution in [-0.2, 0) is 0 Å². The van der Waals surface area contributed by atoms with Gasteiger partial charge in [-0.3, -0.25) is 0 Å². The van der Waals surface area contributed by atoms with Crippen LogP contribution in [0.25, 0.3) is 10.8 Å². The third kappa shape index (κ3) is 2.00. The molecule has 0 amide bonds. The van der Waals surface area contributed by atoms with Crippen LogP contribution in [0, 0.1) is 11.8 Å². The lowest BCUT2D eigenvalue weighted by Crippen LogP contribution is -2.62. The van der Waals surface area contributed by atoms with Crippen LogP contribution < -0.4 is 9.47 Å². The quantitative estimate of drug-likeness (QED) is 0.638. The molecular formula is C20H18O5. The Labute approximate surface area is 144 Å². The van der Waals surface area contributed by atoms with Crippen molar-refractivity contribution >= 4 is 10.8 Å². The number of aliphatic hydroxyl groups excluding tert-OH is 3. The number of benzene rings is 2. The fraction of sp³-hybridized carbons (Fsp3) is 0.300. The zero-order valence-corrected chi connectivity index (χ0v) is 13.3. The van der Waals surface area contributed by atoms with Crippen molar-refractivity contribution in [2.24, 2.45) is 11.8 Å². The highest BCUT2D eigenvalue weighted by Gasteiger charge is 2.57. The highest BCUT2D eigenvalue weighted by atomic mass is 16.7. The summed E-state index contributed by atoms with van der Waals surface area (Å²) in [6.07, 6.45) is 3.60. The van der Waals surface area contributed by atoms with Gasteiger partial charge in [-0.2, -0.15) is 0 Å². The van der Waals surface area contributed by atoms with E-state index in [-0.39, 0.29) is 0 Å². The lowest BCUT2D eigenvalue weighted by atomic mass is 9.68. The monoisotopic (exact) mass is 338 g/mol. The fourth-order valence-corrected chi connectivity index (χ4v) is 4.32. The van der Waals surface area contributed by atoms with Crippen LogP contribution >= 0.6 is 0 Å². The zero-order valence-electron chi connectivity index (χ0n) is 13.3. The molecule has 1 heterocycles. The molecule has 2 aromatic rings. The van der Waals surface area contributed by atoms with Gasteiger partial charge in [-0.25, -0.2) is 0 Å². The Balaban J connectivity index is 1.69. The van der Waals surface area contributed by atoms with Gasteiger partial charge in [-0.1, -0.05) is 42.5 Å². The van der Waals surface area contributed by atoms with Gasteiger partial charge in [0, 0.05) is 5.92 Å². The van der Waals surface area contributed by atoms with Crippen LogP contribution in [0.2, 0.25) is 0 Å². The molecule has 1 spiro atoms. The second kappa shape index (κ2) is 5.08. The molecule has 0 radical (unpaired) electrons. The second-order valence-electron chi connectivity index (χ2n) is 6.85. The smallest absolute Gasteiger partial charge is 0.277 e. The van der Waals surface area contributed by atoms with Gasteiger partial charge in [0.05, 0.1) is 29.6 Å². The average Bonchev–Trinajstić information content (AvgIpc) is 2.61. The lowest BCUT2D eigenvalue weighted by molar-refractivity contribution is -0.191. The number of aliphatic hydroxyl groups is 3. The first-order valence-electron chi connectivity index (χ1n) is 8.41. The maximum Gasteiger partial charge on any atom is 0.277 e. The molecule has 5 heteroatoms. The third-order valence-electron chi connectivity index (χ3n) is 5.43. The molecule has 0 bridgehead atoms. The van der Waals surface area contributed by atoms with E-state index in [1.165, 1.54) is 12.2 Å². The third-order valence-corrected chi connectivity index (χ3v) is 5.43. The van der Waals surface area contributed by atoms with Gasteiger partial charge < -0.3 is 24.8 Å². The van der Waals surface area contributed by atoms with E-state index in [4.69, 9.17) is 9.47 Å². The first-order valence-corrected chi connectivity index (χ1v) is 8.41. The van der Waals surface area contributed by atoms with Crippen molar-refractivity contribution in [2.75, 3.05) is 0 Å². The second-order valence-corrected chi connectivity index (χ2v) is 6.85. The number of hydrogen-bond acceptors (Lipinski definition) is 5. The molecule has 25 heavy (non-hydrogen) atoms. The Morgan fingerprint density at radius 1 is 0.760 bits per heavy atom. The molecule has 0 unspecified atom stereocenters. The maximum atomic E-state index is 10.6. The minimum atomic E-state index is -1.28. The molecule has 0 fully saturated rings. The topological polar surface area (TPSA) is 79.2 Å². The summed E-state index contributed by atoms with van der Waals surface area (Å²) in [4.78, 5) is 0. The molecule has 5 rings (SSSR count). The van der Waals surface area contributed by atoms with Gasteiger partial charge in [0.2, 0.25) is 0 Å². The summed E-state index contributed by atoms with van der Waals surface area (Å²) >= 11 is 0. The lowest BCUT2D eigenvalue weighted by Gasteiger charge is -2.50. The van der Waals surface area contributed by atoms with E-state index in [1.54, 1.807) is 12.2 Å². The van der Waals surface area contributed by atoms with E-state index in [1.807, 2.05) is 36.4 Å². The van der Waals surface area contributed by atoms with Crippen LogP contribution in [0.3, 0.4) is 0 Å². The van der Waals surface area contributed by atoms with Gasteiger partial charge >= 0.3 is 0 Å². The molecule has 5 atom stereocenters. The predicted octanol–water partition coefficient (Wildman–Crippen LogP) is 1.76. The standard InChI is InChI=1S/C20H18O5/c21-12-7-8-14(23)19-18(12)13(22)9-10-20(19)24-15-5-1-3-11-4-2-6-16(25-20)17(11)15/h1-10,12-14,18-19,21-23H/t12-,13-,14+,18+,19-/m1/s1. The van der Waals surface area contributed by atoms with Gasteiger partial charge in [-0.15, -0.1) is 0 Å². The molecule has 0 saturated heterocycles. The van der Waals surface area contributed by atoms with Gasteiger partial charge in [0.1, 0.15) is 11.5 Å². The van der Waals surface area contributed by atoms with E-state index in [0.29, 0.717) is 11.5 Å². The normalized spacial score (nSPS) is 34.4. The van der Waals surface area contributed by atoms with Crippen molar-refractivity contribution < 1.29 is 24.8 Å². The Morgan fingerprint density at radius 2 is 1.36 bits per heavy atom. The molecule has 0 aromatic heterocycles. The zero-order chi connectivity index (χ0) is 17.2. The van der Waals surface area contributed by atoms with Gasteiger partial charge in [0.25, 0.3) is 5.79 Å². The van der Waals surface area contributed by atoms with E-state index in [2.05, 4.69) is 0 Å². The molecule has 1 aliphatic heterocycles. The average molecular weight is 338 g/mol. The van der Waals surface area contributed by atoms with Crippen LogP contribution in [0.1, 0.15) is 0 Å². The molecule has 2 aromatic carbocycles. The van der Waals surface area contributed by atoms with Crippen molar-refractivity contribution in [3.05, 3.63) is 60.7 Å². The molecule has 5 nitrogen and oxygen atoms in total. The Bertz CT molecular complexity index is 861. The van der Waals surface area contributed by atoms with Crippen molar-refractivity contribution in [3.8, 4) is 11.5 Å². The van der Waals surface area contributed by atoms with Crippen LogP contribution in [0.4, 0.5) is 0 Å². The number of ether oxygens (including phenoxy) is 2. The number of fused-ring (bicyclic) bond motifs is 2. The van der Waals surface area contributed by atoms with Crippen LogP contribution in [-0.4, -0.2) is 39.4 Å². The first kappa shape index (κ1) is 15.0. The van der Waals surface area contributed by atoms with Crippen LogP contribution in [0.15, 0.2) is 60.7 Å². The van der Waals surface area contributed by atoms with E-state index in [9.17, 15) is 15.3 Å². The molecule has 2 aliphatic carbocycles. The van der Waals surface area contributed by atoms with Crippen molar-refractivity contribution in [2.45, 2.75) is 24.1 Å². The Kier molecular flexibility index (Phi) is 3.04. The molecule has 0 saturated carbocycles. The fourth-order valence-electron chi connectivity index (χ4n) is 4.32. The summed E-state index contributed by atoms with van der Waals surface area (Å²) < 4.78 is 12.5. The summed E-state index contributed by atoms with van der Waals surface area (Å²) in [7, 11) is 0. The summed E-state index contributed by atoms with van der Waals surface area (Å²) in [5, 5.41) is 33.2. The van der Waals surface area contributed by atoms with E-state index in [0.717, 1.165) is 10.8 Å². The molecular weight excluding hydrogens is 320 g/mol. The minimum Gasteiger partial charge on any atom is -0.448 e. The largest absolute Gasteiger partial charge is 0.448 e. The van der Waals surface area contributed by atoms with Crippen LogP contribution in [0.5, 0.6) is 11.5 Å².